The Kier molecular flexibility index (Phi) is 4.35. The summed E-state index contributed by atoms with van der Waals surface area (Å²) in [5.41, 5.74) is 3.04. The average Bonchev–Trinajstić information content (AvgIpc) is 2.42. The first-order valence-corrected chi connectivity index (χ1v) is 8.65. The van der Waals surface area contributed by atoms with Crippen molar-refractivity contribution in [3.05, 3.63) is 29.6 Å². The molecule has 0 radical (unpaired) electrons. The van der Waals surface area contributed by atoms with Gasteiger partial charge in [0.2, 0.25) is 0 Å². The maximum atomic E-state index is 6.44. The molecule has 0 aliphatic heterocycles. The molecule has 2 heteroatoms. The summed E-state index contributed by atoms with van der Waals surface area (Å²) < 4.78 is 6.44. The van der Waals surface area contributed by atoms with Crippen molar-refractivity contribution in [3.8, 4) is 0 Å². The molecule has 1 unspecified atom stereocenters. The lowest BCUT2D eigenvalue weighted by Gasteiger charge is -2.39. The van der Waals surface area contributed by atoms with Crippen LogP contribution < -0.4 is 0 Å². The average molecular weight is 287 g/mol. The van der Waals surface area contributed by atoms with Gasteiger partial charge in [0, 0.05) is 18.3 Å². The van der Waals surface area contributed by atoms with Gasteiger partial charge in [-0.05, 0) is 54.7 Å². The van der Waals surface area contributed by atoms with Crippen LogP contribution in [0.15, 0.2) is 18.5 Å². The van der Waals surface area contributed by atoms with E-state index in [0.29, 0.717) is 18.1 Å². The molecule has 0 spiro atoms. The molecular weight excluding hydrogens is 258 g/mol. The van der Waals surface area contributed by atoms with Crippen molar-refractivity contribution in [2.75, 3.05) is 0 Å². The van der Waals surface area contributed by atoms with Gasteiger partial charge >= 0.3 is 0 Å². The van der Waals surface area contributed by atoms with Gasteiger partial charge in [0.25, 0.3) is 0 Å². The summed E-state index contributed by atoms with van der Waals surface area (Å²) in [6, 6.07) is 2.24. The Morgan fingerprint density at radius 2 is 1.81 bits per heavy atom. The van der Waals surface area contributed by atoms with Crippen molar-refractivity contribution in [1.82, 2.24) is 4.98 Å². The molecule has 2 atom stereocenters. The summed E-state index contributed by atoms with van der Waals surface area (Å²) in [6.45, 7) is 6.87. The van der Waals surface area contributed by atoms with Crippen molar-refractivity contribution in [3.63, 3.8) is 0 Å². The monoisotopic (exact) mass is 287 g/mol. The van der Waals surface area contributed by atoms with E-state index < -0.39 is 0 Å². The van der Waals surface area contributed by atoms with E-state index in [-0.39, 0.29) is 5.41 Å². The number of hydrogen-bond acceptors (Lipinski definition) is 2. The van der Waals surface area contributed by atoms with Crippen LogP contribution >= 0.6 is 0 Å². The normalized spacial score (nSPS) is 27.4. The second-order valence-electron chi connectivity index (χ2n) is 7.83. The van der Waals surface area contributed by atoms with Crippen molar-refractivity contribution in [2.24, 2.45) is 0 Å². The number of pyridine rings is 1. The zero-order chi connectivity index (χ0) is 14.9. The zero-order valence-corrected chi connectivity index (χ0v) is 13.8. The fourth-order valence-corrected chi connectivity index (χ4v) is 3.72. The molecule has 0 N–H and O–H groups in total. The molecule has 2 aliphatic rings. The SMILES string of the molecule is CC(C)(C)c1cnccc1[C@H]1CCCCC1OC1CCC1. The Labute approximate surface area is 129 Å². The van der Waals surface area contributed by atoms with Gasteiger partial charge in [-0.3, -0.25) is 4.98 Å². The number of hydrogen-bond donors (Lipinski definition) is 0. The molecule has 3 rings (SSSR count). The second kappa shape index (κ2) is 6.08. The predicted molar refractivity (Wildman–Crippen MR) is 86.7 cm³/mol. The van der Waals surface area contributed by atoms with E-state index in [0.717, 1.165) is 0 Å². The molecular formula is C19H29NO. The topological polar surface area (TPSA) is 22.1 Å². The standard InChI is InChI=1S/C19H29NO/c1-19(2,3)17-13-20-12-11-15(17)16-9-4-5-10-18(16)21-14-7-6-8-14/h11-14,16,18H,4-10H2,1-3H3/t16-,18?/m1/s1. The molecule has 21 heavy (non-hydrogen) atoms. The van der Waals surface area contributed by atoms with Gasteiger partial charge in [0.05, 0.1) is 12.2 Å². The maximum Gasteiger partial charge on any atom is 0.0647 e. The summed E-state index contributed by atoms with van der Waals surface area (Å²) in [5.74, 6) is 0.566. The van der Waals surface area contributed by atoms with Crippen molar-refractivity contribution in [2.45, 2.75) is 89.3 Å². The highest BCUT2D eigenvalue weighted by atomic mass is 16.5. The van der Waals surface area contributed by atoms with Crippen LogP contribution in [0.25, 0.3) is 0 Å². The lowest BCUT2D eigenvalue weighted by atomic mass is 9.75. The molecule has 1 aromatic rings. The van der Waals surface area contributed by atoms with Crippen LogP contribution in [0.2, 0.25) is 0 Å². The highest BCUT2D eigenvalue weighted by Crippen LogP contribution is 2.41. The summed E-state index contributed by atoms with van der Waals surface area (Å²) in [7, 11) is 0. The smallest absolute Gasteiger partial charge is 0.0647 e. The molecule has 2 nitrogen and oxygen atoms in total. The van der Waals surface area contributed by atoms with Crippen LogP contribution in [0.3, 0.4) is 0 Å². The molecule has 0 aromatic carbocycles. The van der Waals surface area contributed by atoms with Crippen LogP contribution in [-0.2, 0) is 10.2 Å². The minimum atomic E-state index is 0.155. The number of nitrogens with zero attached hydrogens (tertiary/aromatic N) is 1. The summed E-state index contributed by atoms with van der Waals surface area (Å²) in [5, 5.41) is 0. The van der Waals surface area contributed by atoms with Gasteiger partial charge in [0.1, 0.15) is 0 Å². The molecule has 116 valence electrons. The van der Waals surface area contributed by atoms with E-state index in [1.165, 1.54) is 56.1 Å². The van der Waals surface area contributed by atoms with Crippen LogP contribution in [0.5, 0.6) is 0 Å². The Hall–Kier alpha value is -0.890. The summed E-state index contributed by atoms with van der Waals surface area (Å²) >= 11 is 0. The lowest BCUT2D eigenvalue weighted by Crippen LogP contribution is -2.34. The van der Waals surface area contributed by atoms with Crippen molar-refractivity contribution in [1.29, 1.82) is 0 Å². The quantitative estimate of drug-likeness (QED) is 0.782. The molecule has 1 aromatic heterocycles. The van der Waals surface area contributed by atoms with Gasteiger partial charge in [-0.2, -0.15) is 0 Å². The van der Waals surface area contributed by atoms with Gasteiger partial charge in [-0.1, -0.05) is 33.6 Å². The third-order valence-corrected chi connectivity index (χ3v) is 5.18. The molecule has 2 saturated carbocycles. The van der Waals surface area contributed by atoms with Crippen LogP contribution in [0, 0.1) is 0 Å². The van der Waals surface area contributed by atoms with Crippen molar-refractivity contribution >= 4 is 0 Å². The van der Waals surface area contributed by atoms with Gasteiger partial charge < -0.3 is 4.74 Å². The Balaban J connectivity index is 1.85. The van der Waals surface area contributed by atoms with Crippen LogP contribution in [-0.4, -0.2) is 17.2 Å². The summed E-state index contributed by atoms with van der Waals surface area (Å²) in [6.07, 6.45) is 14.0. The third kappa shape index (κ3) is 3.31. The second-order valence-corrected chi connectivity index (χ2v) is 7.83. The zero-order valence-electron chi connectivity index (χ0n) is 13.8. The van der Waals surface area contributed by atoms with Gasteiger partial charge in [-0.15, -0.1) is 0 Å². The first kappa shape index (κ1) is 15.0. The molecule has 0 saturated heterocycles. The van der Waals surface area contributed by atoms with E-state index in [1.54, 1.807) is 0 Å². The van der Waals surface area contributed by atoms with E-state index in [4.69, 9.17) is 4.74 Å². The number of aromatic nitrogens is 1. The fourth-order valence-electron chi connectivity index (χ4n) is 3.72. The highest BCUT2D eigenvalue weighted by Gasteiger charge is 2.33. The van der Waals surface area contributed by atoms with Crippen molar-refractivity contribution < 1.29 is 4.74 Å². The number of ether oxygens (including phenoxy) is 1. The third-order valence-electron chi connectivity index (χ3n) is 5.18. The first-order chi connectivity index (χ1) is 10.1. The molecule has 2 fully saturated rings. The van der Waals surface area contributed by atoms with E-state index in [9.17, 15) is 0 Å². The van der Waals surface area contributed by atoms with Crippen LogP contribution in [0.1, 0.15) is 82.8 Å². The minimum Gasteiger partial charge on any atom is -0.374 e. The highest BCUT2D eigenvalue weighted by molar-refractivity contribution is 5.34. The molecule has 0 amide bonds. The number of rotatable bonds is 3. The Morgan fingerprint density at radius 1 is 1.05 bits per heavy atom. The Bertz CT molecular complexity index is 473. The molecule has 2 aliphatic carbocycles. The summed E-state index contributed by atoms with van der Waals surface area (Å²) in [4.78, 5) is 4.38. The predicted octanol–water partition coefficient (Wildman–Crippen LogP) is 4.97. The van der Waals surface area contributed by atoms with E-state index >= 15 is 0 Å². The van der Waals surface area contributed by atoms with E-state index in [2.05, 4.69) is 38.0 Å². The fraction of sp³-hybridized carbons (Fsp3) is 0.737. The Morgan fingerprint density at radius 3 is 2.48 bits per heavy atom. The maximum absolute atomic E-state index is 6.44. The molecule has 1 heterocycles. The first-order valence-electron chi connectivity index (χ1n) is 8.65. The lowest BCUT2D eigenvalue weighted by molar-refractivity contribution is -0.0741. The van der Waals surface area contributed by atoms with Gasteiger partial charge in [-0.25, -0.2) is 0 Å². The minimum absolute atomic E-state index is 0.155. The largest absolute Gasteiger partial charge is 0.374 e. The molecule has 0 bridgehead atoms. The van der Waals surface area contributed by atoms with Gasteiger partial charge in [0.15, 0.2) is 0 Å². The van der Waals surface area contributed by atoms with E-state index in [1.807, 2.05) is 6.20 Å². The van der Waals surface area contributed by atoms with Crippen LogP contribution in [0.4, 0.5) is 0 Å².